The van der Waals surface area contributed by atoms with E-state index in [1.165, 1.54) is 25.7 Å². The van der Waals surface area contributed by atoms with Gasteiger partial charge in [0.15, 0.2) is 0 Å². The highest BCUT2D eigenvalue weighted by molar-refractivity contribution is 4.92. The van der Waals surface area contributed by atoms with Crippen LogP contribution in [0.1, 0.15) is 32.6 Å². The first kappa shape index (κ1) is 7.07. The van der Waals surface area contributed by atoms with Gasteiger partial charge in [-0.3, -0.25) is 0 Å². The summed E-state index contributed by atoms with van der Waals surface area (Å²) in [6, 6.07) is 0. The second kappa shape index (κ2) is 2.70. The molecule has 54 valence electrons. The summed E-state index contributed by atoms with van der Waals surface area (Å²) in [4.78, 5) is 0. The zero-order valence-corrected chi connectivity index (χ0v) is 6.44. The van der Waals surface area contributed by atoms with Crippen LogP contribution in [0.4, 0.5) is 0 Å². The van der Waals surface area contributed by atoms with Crippen molar-refractivity contribution in [2.45, 2.75) is 32.6 Å². The molecule has 0 bridgehead atoms. The molecule has 0 aromatic heterocycles. The van der Waals surface area contributed by atoms with Gasteiger partial charge in [0.05, 0.1) is 6.61 Å². The number of hydrogen-bond donors (Lipinski definition) is 0. The van der Waals surface area contributed by atoms with E-state index in [2.05, 4.69) is 6.92 Å². The highest BCUT2D eigenvalue weighted by Crippen LogP contribution is 2.49. The van der Waals surface area contributed by atoms with E-state index in [1.807, 2.05) is 0 Å². The summed E-state index contributed by atoms with van der Waals surface area (Å²) < 4.78 is 5.12. The van der Waals surface area contributed by atoms with Crippen molar-refractivity contribution in [3.8, 4) is 0 Å². The summed E-state index contributed by atoms with van der Waals surface area (Å²) in [5.74, 6) is 0. The van der Waals surface area contributed by atoms with E-state index in [0.717, 1.165) is 6.61 Å². The minimum atomic E-state index is 0.628. The topological polar surface area (TPSA) is 9.23 Å². The SMILES string of the molecule is CCCC1(COC)CC1. The van der Waals surface area contributed by atoms with Gasteiger partial charge in [-0.2, -0.15) is 0 Å². The molecule has 0 saturated heterocycles. The van der Waals surface area contributed by atoms with Crippen LogP contribution in [0, 0.1) is 5.41 Å². The summed E-state index contributed by atoms with van der Waals surface area (Å²) >= 11 is 0. The van der Waals surface area contributed by atoms with Crippen molar-refractivity contribution in [1.29, 1.82) is 0 Å². The minimum absolute atomic E-state index is 0.628. The van der Waals surface area contributed by atoms with Crippen molar-refractivity contribution in [2.24, 2.45) is 5.41 Å². The first-order valence-electron chi connectivity index (χ1n) is 3.82. The fraction of sp³-hybridized carbons (Fsp3) is 1.00. The predicted molar refractivity (Wildman–Crippen MR) is 38.5 cm³/mol. The molecule has 0 radical (unpaired) electrons. The van der Waals surface area contributed by atoms with Gasteiger partial charge in [-0.15, -0.1) is 0 Å². The van der Waals surface area contributed by atoms with Crippen LogP contribution in [0.15, 0.2) is 0 Å². The molecule has 0 heterocycles. The Morgan fingerprint density at radius 1 is 1.44 bits per heavy atom. The Balaban J connectivity index is 2.17. The Morgan fingerprint density at radius 3 is 2.44 bits per heavy atom. The molecule has 1 heteroatoms. The molecule has 0 unspecified atom stereocenters. The lowest BCUT2D eigenvalue weighted by atomic mass is 10.0. The molecule has 0 N–H and O–H groups in total. The van der Waals surface area contributed by atoms with E-state index in [9.17, 15) is 0 Å². The predicted octanol–water partition coefficient (Wildman–Crippen LogP) is 2.21. The maximum Gasteiger partial charge on any atom is 0.0518 e. The third-order valence-corrected chi connectivity index (χ3v) is 2.19. The third-order valence-electron chi connectivity index (χ3n) is 2.19. The van der Waals surface area contributed by atoms with E-state index in [0.29, 0.717) is 5.41 Å². The zero-order valence-electron chi connectivity index (χ0n) is 6.44. The van der Waals surface area contributed by atoms with Crippen LogP contribution >= 0.6 is 0 Å². The molecule has 1 fully saturated rings. The van der Waals surface area contributed by atoms with Crippen LogP contribution in [0.5, 0.6) is 0 Å². The van der Waals surface area contributed by atoms with E-state index in [1.54, 1.807) is 7.11 Å². The second-order valence-electron chi connectivity index (χ2n) is 3.18. The minimum Gasteiger partial charge on any atom is -0.384 e. The zero-order chi connectivity index (χ0) is 6.74. The van der Waals surface area contributed by atoms with Crippen LogP contribution in [-0.2, 0) is 4.74 Å². The van der Waals surface area contributed by atoms with Crippen molar-refractivity contribution in [2.75, 3.05) is 13.7 Å². The summed E-state index contributed by atoms with van der Waals surface area (Å²) in [5, 5.41) is 0. The monoisotopic (exact) mass is 128 g/mol. The summed E-state index contributed by atoms with van der Waals surface area (Å²) in [6.45, 7) is 3.23. The molecule has 1 aliphatic rings. The highest BCUT2D eigenvalue weighted by atomic mass is 16.5. The Morgan fingerprint density at radius 2 is 2.11 bits per heavy atom. The molecule has 0 aromatic rings. The van der Waals surface area contributed by atoms with Gasteiger partial charge in [-0.25, -0.2) is 0 Å². The van der Waals surface area contributed by atoms with Gasteiger partial charge < -0.3 is 4.74 Å². The molecule has 1 aliphatic carbocycles. The Kier molecular flexibility index (Phi) is 2.12. The van der Waals surface area contributed by atoms with Crippen LogP contribution in [0.3, 0.4) is 0 Å². The van der Waals surface area contributed by atoms with Gasteiger partial charge in [-0.1, -0.05) is 13.3 Å². The van der Waals surface area contributed by atoms with Gasteiger partial charge in [0, 0.05) is 7.11 Å². The molecule has 0 spiro atoms. The van der Waals surface area contributed by atoms with Gasteiger partial charge >= 0.3 is 0 Å². The maximum absolute atomic E-state index is 5.12. The Hall–Kier alpha value is -0.0400. The van der Waals surface area contributed by atoms with Crippen molar-refractivity contribution in [1.82, 2.24) is 0 Å². The molecular formula is C8H16O. The van der Waals surface area contributed by atoms with Gasteiger partial charge in [0.25, 0.3) is 0 Å². The third kappa shape index (κ3) is 1.68. The van der Waals surface area contributed by atoms with Crippen molar-refractivity contribution < 1.29 is 4.74 Å². The highest BCUT2D eigenvalue weighted by Gasteiger charge is 2.41. The van der Waals surface area contributed by atoms with Gasteiger partial charge in [-0.05, 0) is 24.7 Å². The number of hydrogen-bond acceptors (Lipinski definition) is 1. The fourth-order valence-electron chi connectivity index (χ4n) is 1.48. The smallest absolute Gasteiger partial charge is 0.0518 e. The molecular weight excluding hydrogens is 112 g/mol. The number of methoxy groups -OCH3 is 1. The standard InChI is InChI=1S/C8H16O/c1-3-4-8(5-6-8)7-9-2/h3-7H2,1-2H3. The lowest BCUT2D eigenvalue weighted by Gasteiger charge is -2.10. The molecule has 1 rings (SSSR count). The molecule has 0 atom stereocenters. The number of rotatable bonds is 4. The lowest BCUT2D eigenvalue weighted by molar-refractivity contribution is 0.135. The van der Waals surface area contributed by atoms with Crippen LogP contribution in [0.2, 0.25) is 0 Å². The fourth-order valence-corrected chi connectivity index (χ4v) is 1.48. The average Bonchev–Trinajstić information content (AvgIpc) is 2.51. The lowest BCUT2D eigenvalue weighted by Crippen LogP contribution is -2.07. The van der Waals surface area contributed by atoms with E-state index in [-0.39, 0.29) is 0 Å². The second-order valence-corrected chi connectivity index (χ2v) is 3.18. The van der Waals surface area contributed by atoms with Crippen LogP contribution < -0.4 is 0 Å². The summed E-state index contributed by atoms with van der Waals surface area (Å²) in [5.41, 5.74) is 0.628. The first-order valence-corrected chi connectivity index (χ1v) is 3.82. The molecule has 0 aliphatic heterocycles. The summed E-state index contributed by atoms with van der Waals surface area (Å²) in [6.07, 6.45) is 5.47. The van der Waals surface area contributed by atoms with Gasteiger partial charge in [0.1, 0.15) is 0 Å². The quantitative estimate of drug-likeness (QED) is 0.564. The van der Waals surface area contributed by atoms with Gasteiger partial charge in [0.2, 0.25) is 0 Å². The molecule has 0 amide bonds. The summed E-state index contributed by atoms with van der Waals surface area (Å²) in [7, 11) is 1.80. The van der Waals surface area contributed by atoms with Crippen LogP contribution in [-0.4, -0.2) is 13.7 Å². The van der Waals surface area contributed by atoms with Crippen LogP contribution in [0.25, 0.3) is 0 Å². The van der Waals surface area contributed by atoms with Crippen molar-refractivity contribution >= 4 is 0 Å². The van der Waals surface area contributed by atoms with E-state index < -0.39 is 0 Å². The molecule has 9 heavy (non-hydrogen) atoms. The van der Waals surface area contributed by atoms with E-state index >= 15 is 0 Å². The molecule has 1 saturated carbocycles. The molecule has 0 aromatic carbocycles. The number of ether oxygens (including phenoxy) is 1. The maximum atomic E-state index is 5.12. The average molecular weight is 128 g/mol. The first-order chi connectivity index (χ1) is 4.33. The Labute approximate surface area is 57.4 Å². The Bertz CT molecular complexity index is 76.6. The largest absolute Gasteiger partial charge is 0.384 e. The van der Waals surface area contributed by atoms with Crippen molar-refractivity contribution in [3.05, 3.63) is 0 Å². The molecule has 1 nitrogen and oxygen atoms in total. The van der Waals surface area contributed by atoms with Crippen molar-refractivity contribution in [3.63, 3.8) is 0 Å². The normalized spacial score (nSPS) is 22.0. The van der Waals surface area contributed by atoms with E-state index in [4.69, 9.17) is 4.74 Å².